The monoisotopic (exact) mass is 264 g/mol. The summed E-state index contributed by atoms with van der Waals surface area (Å²) < 4.78 is 31.1. The Hall–Kier alpha value is -0.170. The average Bonchev–Trinajstić information content (AvgIpc) is 2.28. The molecule has 0 aromatic heterocycles. The van der Waals surface area contributed by atoms with Gasteiger partial charge in [-0.2, -0.15) is 4.31 Å². The van der Waals surface area contributed by atoms with Crippen LogP contribution in [0.15, 0.2) is 0 Å². The molecule has 0 aromatic carbocycles. The zero-order chi connectivity index (χ0) is 13.1. The number of hydrogen-bond donors (Lipinski definition) is 1. The molecule has 3 unspecified atom stereocenters. The molecule has 0 saturated carbocycles. The third-order valence-electron chi connectivity index (χ3n) is 3.51. The normalized spacial score (nSPS) is 29.2. The maximum atomic E-state index is 12.3. The molecule has 6 heteroatoms. The van der Waals surface area contributed by atoms with E-state index in [1.165, 1.54) is 7.11 Å². The van der Waals surface area contributed by atoms with Gasteiger partial charge in [0.25, 0.3) is 0 Å². The van der Waals surface area contributed by atoms with E-state index in [0.717, 1.165) is 12.8 Å². The minimum absolute atomic E-state index is 0.0344. The second-order valence-corrected chi connectivity index (χ2v) is 6.82. The lowest BCUT2D eigenvalue weighted by atomic mass is 9.93. The predicted octanol–water partition coefficient (Wildman–Crippen LogP) is 0.410. The summed E-state index contributed by atoms with van der Waals surface area (Å²) in [6.45, 7) is 4.81. The lowest BCUT2D eigenvalue weighted by molar-refractivity contribution is 0.132. The van der Waals surface area contributed by atoms with Crippen LogP contribution in [0.25, 0.3) is 0 Å². The van der Waals surface area contributed by atoms with Gasteiger partial charge in [0.2, 0.25) is 10.0 Å². The fourth-order valence-corrected chi connectivity index (χ4v) is 4.40. The number of sulfonamides is 1. The van der Waals surface area contributed by atoms with Crippen molar-refractivity contribution in [3.63, 3.8) is 0 Å². The Morgan fingerprint density at radius 1 is 1.53 bits per heavy atom. The molecule has 0 bridgehead atoms. The summed E-state index contributed by atoms with van der Waals surface area (Å²) in [6, 6.07) is -0.0576. The van der Waals surface area contributed by atoms with Gasteiger partial charge < -0.3 is 10.5 Å². The van der Waals surface area contributed by atoms with Gasteiger partial charge in [-0.05, 0) is 25.7 Å². The fraction of sp³-hybridized carbons (Fsp3) is 1.00. The van der Waals surface area contributed by atoms with E-state index in [0.29, 0.717) is 19.0 Å². The van der Waals surface area contributed by atoms with E-state index in [4.69, 9.17) is 10.5 Å². The molecule has 1 rings (SSSR count). The highest BCUT2D eigenvalue weighted by Gasteiger charge is 2.35. The Morgan fingerprint density at radius 2 is 2.18 bits per heavy atom. The van der Waals surface area contributed by atoms with Gasteiger partial charge in [-0.1, -0.05) is 6.92 Å². The Balaban J connectivity index is 2.81. The largest absolute Gasteiger partial charge is 0.381 e. The summed E-state index contributed by atoms with van der Waals surface area (Å²) in [5.41, 5.74) is 5.71. The number of rotatable bonds is 5. The summed E-state index contributed by atoms with van der Waals surface area (Å²) in [5, 5.41) is 0. The van der Waals surface area contributed by atoms with E-state index in [9.17, 15) is 8.42 Å². The van der Waals surface area contributed by atoms with Gasteiger partial charge in [0.05, 0.1) is 11.9 Å². The predicted molar refractivity (Wildman–Crippen MR) is 68.2 cm³/mol. The van der Waals surface area contributed by atoms with Crippen LogP contribution in [-0.4, -0.2) is 50.8 Å². The molecule has 5 nitrogen and oxygen atoms in total. The molecule has 17 heavy (non-hydrogen) atoms. The van der Waals surface area contributed by atoms with Crippen molar-refractivity contribution in [2.75, 3.05) is 26.0 Å². The van der Waals surface area contributed by atoms with Crippen molar-refractivity contribution in [1.82, 2.24) is 4.31 Å². The molecule has 102 valence electrons. The maximum Gasteiger partial charge on any atom is 0.216 e. The smallest absolute Gasteiger partial charge is 0.216 e. The summed E-state index contributed by atoms with van der Waals surface area (Å²) in [5.74, 6) is 0.369. The first-order chi connectivity index (χ1) is 7.92. The molecule has 0 aliphatic carbocycles. The summed E-state index contributed by atoms with van der Waals surface area (Å²) >= 11 is 0. The van der Waals surface area contributed by atoms with Crippen LogP contribution < -0.4 is 5.73 Å². The fourth-order valence-electron chi connectivity index (χ4n) is 2.37. The summed E-state index contributed by atoms with van der Waals surface area (Å²) in [7, 11) is -1.73. The molecule has 1 heterocycles. The van der Waals surface area contributed by atoms with E-state index in [-0.39, 0.29) is 17.9 Å². The number of ether oxygens (including phenoxy) is 1. The van der Waals surface area contributed by atoms with Crippen LogP contribution in [0.2, 0.25) is 0 Å². The first-order valence-electron chi connectivity index (χ1n) is 6.14. The van der Waals surface area contributed by atoms with Crippen molar-refractivity contribution >= 4 is 10.0 Å². The highest BCUT2D eigenvalue weighted by atomic mass is 32.2. The van der Waals surface area contributed by atoms with Crippen LogP contribution in [0.4, 0.5) is 0 Å². The van der Waals surface area contributed by atoms with E-state index >= 15 is 0 Å². The van der Waals surface area contributed by atoms with Gasteiger partial charge in [-0.25, -0.2) is 8.42 Å². The second kappa shape index (κ2) is 6.13. The second-order valence-electron chi connectivity index (χ2n) is 4.86. The van der Waals surface area contributed by atoms with Crippen LogP contribution in [-0.2, 0) is 14.8 Å². The minimum Gasteiger partial charge on any atom is -0.381 e. The van der Waals surface area contributed by atoms with Crippen LogP contribution in [0.1, 0.15) is 26.7 Å². The Bertz CT molecular complexity index is 332. The lowest BCUT2D eigenvalue weighted by Gasteiger charge is -2.38. The van der Waals surface area contributed by atoms with Crippen molar-refractivity contribution < 1.29 is 13.2 Å². The van der Waals surface area contributed by atoms with Gasteiger partial charge in [0.1, 0.15) is 0 Å². The highest BCUT2D eigenvalue weighted by molar-refractivity contribution is 7.89. The zero-order valence-corrected chi connectivity index (χ0v) is 11.7. The molecule has 0 spiro atoms. The van der Waals surface area contributed by atoms with Crippen molar-refractivity contribution in [1.29, 1.82) is 0 Å². The van der Waals surface area contributed by atoms with Crippen molar-refractivity contribution in [3.05, 3.63) is 0 Å². The Labute approximate surface area is 104 Å². The van der Waals surface area contributed by atoms with Crippen LogP contribution in [0, 0.1) is 5.92 Å². The molecule has 2 N–H and O–H groups in total. The standard InChI is InChI=1S/C11H24N2O3S/c1-9-5-4-6-13(11(9)7-12)17(14,15)8-10(2)16-3/h9-11H,4-8,12H2,1-3H3. The average molecular weight is 264 g/mol. The molecule has 3 atom stereocenters. The first-order valence-corrected chi connectivity index (χ1v) is 7.75. The Morgan fingerprint density at radius 3 is 2.71 bits per heavy atom. The molecule has 0 aromatic rings. The molecule has 1 saturated heterocycles. The Kier molecular flexibility index (Phi) is 5.37. The molecule has 1 aliphatic rings. The van der Waals surface area contributed by atoms with Gasteiger partial charge in [-0.3, -0.25) is 0 Å². The quantitative estimate of drug-likeness (QED) is 0.780. The zero-order valence-electron chi connectivity index (χ0n) is 10.9. The lowest BCUT2D eigenvalue weighted by Crippen LogP contribution is -2.52. The van der Waals surface area contributed by atoms with Crippen LogP contribution >= 0.6 is 0 Å². The van der Waals surface area contributed by atoms with Gasteiger partial charge in [-0.15, -0.1) is 0 Å². The number of nitrogens with two attached hydrogens (primary N) is 1. The van der Waals surface area contributed by atoms with Crippen molar-refractivity contribution in [2.45, 2.75) is 38.8 Å². The number of piperidine rings is 1. The van der Waals surface area contributed by atoms with Gasteiger partial charge >= 0.3 is 0 Å². The van der Waals surface area contributed by atoms with Crippen LogP contribution in [0.5, 0.6) is 0 Å². The van der Waals surface area contributed by atoms with Gasteiger partial charge in [0, 0.05) is 26.2 Å². The van der Waals surface area contributed by atoms with E-state index in [1.807, 2.05) is 0 Å². The molecule has 1 fully saturated rings. The van der Waals surface area contributed by atoms with Crippen LogP contribution in [0.3, 0.4) is 0 Å². The number of hydrogen-bond acceptors (Lipinski definition) is 4. The number of nitrogens with zero attached hydrogens (tertiary/aromatic N) is 1. The summed E-state index contributed by atoms with van der Waals surface area (Å²) in [4.78, 5) is 0. The molecule has 0 amide bonds. The first kappa shape index (κ1) is 14.9. The summed E-state index contributed by atoms with van der Waals surface area (Å²) in [6.07, 6.45) is 1.68. The molecule has 0 radical (unpaired) electrons. The third kappa shape index (κ3) is 3.64. The molecule has 1 aliphatic heterocycles. The highest BCUT2D eigenvalue weighted by Crippen LogP contribution is 2.25. The van der Waals surface area contributed by atoms with Crippen molar-refractivity contribution in [3.8, 4) is 0 Å². The van der Waals surface area contributed by atoms with E-state index < -0.39 is 10.0 Å². The SMILES string of the molecule is COC(C)CS(=O)(=O)N1CCCC(C)C1CN. The van der Waals surface area contributed by atoms with Gasteiger partial charge in [0.15, 0.2) is 0 Å². The molecular formula is C11H24N2O3S. The minimum atomic E-state index is -3.26. The van der Waals surface area contributed by atoms with E-state index in [1.54, 1.807) is 11.2 Å². The van der Waals surface area contributed by atoms with Crippen molar-refractivity contribution in [2.24, 2.45) is 11.7 Å². The van der Waals surface area contributed by atoms with E-state index in [2.05, 4.69) is 6.92 Å². The third-order valence-corrected chi connectivity index (χ3v) is 5.57. The topological polar surface area (TPSA) is 72.6 Å². The number of methoxy groups -OCH3 is 1. The molecular weight excluding hydrogens is 240 g/mol. The maximum absolute atomic E-state index is 12.3.